The van der Waals surface area contributed by atoms with Gasteiger partial charge in [-0.3, -0.25) is 0 Å². The molecule has 0 aliphatic carbocycles. The minimum Gasteiger partial charge on any atom is -0.455 e. The van der Waals surface area contributed by atoms with E-state index in [1.165, 1.54) is 47.8 Å². The van der Waals surface area contributed by atoms with Gasteiger partial charge in [-0.15, -0.1) is 11.3 Å². The summed E-state index contributed by atoms with van der Waals surface area (Å²) in [4.78, 5) is 2.43. The van der Waals surface area contributed by atoms with Crippen molar-refractivity contribution in [1.82, 2.24) is 0 Å². The van der Waals surface area contributed by atoms with Gasteiger partial charge < -0.3 is 9.32 Å². The quantitative estimate of drug-likeness (QED) is 0.186. The second-order valence-electron chi connectivity index (χ2n) is 12.5. The summed E-state index contributed by atoms with van der Waals surface area (Å²) in [5.74, 6) is 0. The zero-order valence-corrected chi connectivity index (χ0v) is 27.3. The number of fused-ring (bicyclic) bond motifs is 8. The SMILES string of the molecule is c1ccc(-c2ccc(N(c3cccc(-c4cccc5c4oc4ccccc45)c3)c3cc4ccccc4c4c3sc3ccccc34)cc2)cc1. The minimum absolute atomic E-state index is 0.907. The summed E-state index contributed by atoms with van der Waals surface area (Å²) in [5.41, 5.74) is 9.78. The van der Waals surface area contributed by atoms with Gasteiger partial charge in [-0.05, 0) is 69.9 Å². The molecule has 49 heavy (non-hydrogen) atoms. The Kier molecular flexibility index (Phi) is 6.39. The van der Waals surface area contributed by atoms with Gasteiger partial charge in [-0.25, -0.2) is 0 Å². The molecule has 3 heteroatoms. The van der Waals surface area contributed by atoms with E-state index in [2.05, 4.69) is 169 Å². The maximum absolute atomic E-state index is 6.49. The molecule has 10 aromatic rings. The summed E-state index contributed by atoms with van der Waals surface area (Å²) in [5, 5.41) is 7.38. The maximum Gasteiger partial charge on any atom is 0.143 e. The molecule has 0 N–H and O–H groups in total. The van der Waals surface area contributed by atoms with Gasteiger partial charge in [0.05, 0.1) is 10.4 Å². The Bertz CT molecular complexity index is 2830. The number of hydrogen-bond donors (Lipinski definition) is 0. The summed E-state index contributed by atoms with van der Waals surface area (Å²) in [6.07, 6.45) is 0. The third-order valence-corrected chi connectivity index (χ3v) is 10.8. The molecular weight excluding hydrogens is 615 g/mol. The lowest BCUT2D eigenvalue weighted by Gasteiger charge is -2.27. The molecule has 0 unspecified atom stereocenters. The van der Waals surface area contributed by atoms with Crippen LogP contribution in [-0.2, 0) is 0 Å². The van der Waals surface area contributed by atoms with Crippen LogP contribution < -0.4 is 4.90 Å². The Balaban J connectivity index is 1.23. The van der Waals surface area contributed by atoms with Crippen LogP contribution in [0.2, 0.25) is 0 Å². The third-order valence-electron chi connectivity index (χ3n) is 9.64. The van der Waals surface area contributed by atoms with Crippen LogP contribution in [0.1, 0.15) is 0 Å². The van der Waals surface area contributed by atoms with Crippen molar-refractivity contribution in [2.45, 2.75) is 0 Å². The Hall–Kier alpha value is -6.16. The monoisotopic (exact) mass is 643 g/mol. The first-order valence-corrected chi connectivity index (χ1v) is 17.4. The van der Waals surface area contributed by atoms with Gasteiger partial charge in [0, 0.05) is 43.2 Å². The zero-order valence-electron chi connectivity index (χ0n) is 26.5. The van der Waals surface area contributed by atoms with Crippen LogP contribution in [0.15, 0.2) is 180 Å². The van der Waals surface area contributed by atoms with Gasteiger partial charge >= 0.3 is 0 Å². The topological polar surface area (TPSA) is 16.4 Å². The highest BCUT2D eigenvalue weighted by atomic mass is 32.1. The molecule has 8 aromatic carbocycles. The molecule has 2 aromatic heterocycles. The molecule has 0 bridgehead atoms. The van der Waals surface area contributed by atoms with Crippen LogP contribution in [0.3, 0.4) is 0 Å². The van der Waals surface area contributed by atoms with Crippen LogP contribution in [0.25, 0.3) is 75.1 Å². The molecule has 0 aliphatic rings. The number of nitrogens with zero attached hydrogens (tertiary/aromatic N) is 1. The fourth-order valence-electron chi connectivity index (χ4n) is 7.37. The van der Waals surface area contributed by atoms with Crippen LogP contribution in [-0.4, -0.2) is 0 Å². The van der Waals surface area contributed by atoms with Crippen LogP contribution >= 0.6 is 11.3 Å². The molecule has 0 radical (unpaired) electrons. The molecule has 0 saturated heterocycles. The number of thiophene rings is 1. The summed E-state index contributed by atoms with van der Waals surface area (Å²) >= 11 is 1.87. The largest absolute Gasteiger partial charge is 0.455 e. The summed E-state index contributed by atoms with van der Waals surface area (Å²) < 4.78 is 9.06. The van der Waals surface area contributed by atoms with E-state index in [0.717, 1.165) is 44.4 Å². The highest BCUT2D eigenvalue weighted by Gasteiger charge is 2.21. The second kappa shape index (κ2) is 11.2. The van der Waals surface area contributed by atoms with Crippen molar-refractivity contribution in [3.8, 4) is 22.3 Å². The lowest BCUT2D eigenvalue weighted by molar-refractivity contribution is 0.670. The van der Waals surface area contributed by atoms with E-state index in [4.69, 9.17) is 4.42 Å². The minimum atomic E-state index is 0.907. The lowest BCUT2D eigenvalue weighted by atomic mass is 9.99. The Morgan fingerprint density at radius 2 is 1.12 bits per heavy atom. The molecule has 0 amide bonds. The number of hydrogen-bond acceptors (Lipinski definition) is 3. The number of anilines is 3. The van der Waals surface area contributed by atoms with Gasteiger partial charge in [-0.1, -0.05) is 133 Å². The Labute approximate surface area is 287 Å². The molecule has 0 fully saturated rings. The number of para-hydroxylation sites is 2. The number of rotatable bonds is 5. The highest BCUT2D eigenvalue weighted by Crippen LogP contribution is 2.48. The van der Waals surface area contributed by atoms with E-state index in [1.54, 1.807) is 0 Å². The standard InChI is InChI=1S/C46H29NOS/c1-2-12-30(13-3-1)31-24-26-34(27-25-31)47(41-29-33-14-4-5-17-36(33)44-40-19-7-9-23-43(40)49-46(41)44)35-16-10-15-32(28-35)37-20-11-21-39-38-18-6-8-22-42(38)48-45(37)39/h1-29H. The van der Waals surface area contributed by atoms with Gasteiger partial charge in [0.1, 0.15) is 11.2 Å². The van der Waals surface area contributed by atoms with E-state index in [9.17, 15) is 0 Å². The van der Waals surface area contributed by atoms with Crippen LogP contribution in [0.4, 0.5) is 17.1 Å². The van der Waals surface area contributed by atoms with Crippen LogP contribution in [0.5, 0.6) is 0 Å². The summed E-state index contributed by atoms with van der Waals surface area (Å²) in [7, 11) is 0. The van der Waals surface area contributed by atoms with E-state index in [-0.39, 0.29) is 0 Å². The highest BCUT2D eigenvalue weighted by molar-refractivity contribution is 7.26. The van der Waals surface area contributed by atoms with E-state index < -0.39 is 0 Å². The van der Waals surface area contributed by atoms with Gasteiger partial charge in [-0.2, -0.15) is 0 Å². The smallest absolute Gasteiger partial charge is 0.143 e. The first-order chi connectivity index (χ1) is 24.3. The molecule has 0 atom stereocenters. The molecule has 0 spiro atoms. The van der Waals surface area contributed by atoms with E-state index in [0.29, 0.717) is 0 Å². The van der Waals surface area contributed by atoms with Crippen molar-refractivity contribution >= 4 is 81.3 Å². The van der Waals surface area contributed by atoms with Crippen molar-refractivity contribution < 1.29 is 4.42 Å². The molecule has 0 aliphatic heterocycles. The Morgan fingerprint density at radius 1 is 0.449 bits per heavy atom. The predicted octanol–water partition coefficient (Wildman–Crippen LogP) is 13.9. The van der Waals surface area contributed by atoms with Crippen LogP contribution in [0, 0.1) is 0 Å². The van der Waals surface area contributed by atoms with Crippen molar-refractivity contribution in [2.75, 3.05) is 4.90 Å². The molecule has 2 heterocycles. The van der Waals surface area contributed by atoms with Crippen molar-refractivity contribution in [3.05, 3.63) is 176 Å². The molecule has 10 rings (SSSR count). The second-order valence-corrected chi connectivity index (χ2v) is 13.6. The first kappa shape index (κ1) is 27.9. The van der Waals surface area contributed by atoms with Crippen molar-refractivity contribution in [3.63, 3.8) is 0 Å². The summed E-state index contributed by atoms with van der Waals surface area (Å²) in [6, 6.07) is 63.1. The Morgan fingerprint density at radius 3 is 2.00 bits per heavy atom. The van der Waals surface area contributed by atoms with E-state index >= 15 is 0 Å². The van der Waals surface area contributed by atoms with Crippen molar-refractivity contribution in [1.29, 1.82) is 0 Å². The van der Waals surface area contributed by atoms with Gasteiger partial charge in [0.15, 0.2) is 0 Å². The normalized spacial score (nSPS) is 11.7. The summed E-state index contributed by atoms with van der Waals surface area (Å²) in [6.45, 7) is 0. The molecule has 0 saturated carbocycles. The van der Waals surface area contributed by atoms with Gasteiger partial charge in [0.25, 0.3) is 0 Å². The number of furan rings is 1. The number of benzene rings is 8. The fourth-order valence-corrected chi connectivity index (χ4v) is 8.59. The zero-order chi connectivity index (χ0) is 32.3. The molecular formula is C46H29NOS. The third kappa shape index (κ3) is 4.55. The first-order valence-electron chi connectivity index (χ1n) is 16.6. The van der Waals surface area contributed by atoms with Gasteiger partial charge in [0.2, 0.25) is 0 Å². The average molecular weight is 644 g/mol. The molecule has 230 valence electrons. The maximum atomic E-state index is 6.49. The predicted molar refractivity (Wildman–Crippen MR) is 210 cm³/mol. The molecule has 2 nitrogen and oxygen atoms in total. The van der Waals surface area contributed by atoms with Crippen molar-refractivity contribution in [2.24, 2.45) is 0 Å². The average Bonchev–Trinajstić information content (AvgIpc) is 3.75. The van der Waals surface area contributed by atoms with E-state index in [1.807, 2.05) is 23.5 Å². The fraction of sp³-hybridized carbons (Fsp3) is 0. The lowest BCUT2D eigenvalue weighted by Crippen LogP contribution is -2.10.